The van der Waals surface area contributed by atoms with Gasteiger partial charge in [-0.05, 0) is 55.8 Å². The molecule has 1 N–H and O–H groups in total. The summed E-state index contributed by atoms with van der Waals surface area (Å²) in [6.45, 7) is 4.51. The van der Waals surface area contributed by atoms with E-state index in [0.717, 1.165) is 19.4 Å². The number of esters is 1. The Morgan fingerprint density at radius 2 is 1.96 bits per heavy atom. The summed E-state index contributed by atoms with van der Waals surface area (Å²) in [6, 6.07) is 3.82. The van der Waals surface area contributed by atoms with Crippen LogP contribution in [-0.2, 0) is 14.3 Å². The second kappa shape index (κ2) is 13.6. The van der Waals surface area contributed by atoms with Crippen molar-refractivity contribution in [1.82, 2.24) is 24.8 Å². The van der Waals surface area contributed by atoms with Crippen molar-refractivity contribution >= 4 is 39.6 Å². The average molecular weight is 773 g/mol. The molecular weight excluding hydrogens is 733 g/mol. The smallest absolute Gasteiger partial charge is 0.413 e. The third kappa shape index (κ3) is 5.77. The Hall–Kier alpha value is -5.56. The van der Waals surface area contributed by atoms with Gasteiger partial charge < -0.3 is 29.0 Å². The van der Waals surface area contributed by atoms with Gasteiger partial charge >= 0.3 is 18.1 Å². The first-order valence-corrected chi connectivity index (χ1v) is 18.9. The van der Waals surface area contributed by atoms with Crippen LogP contribution in [0.25, 0.3) is 32.9 Å². The van der Waals surface area contributed by atoms with Crippen LogP contribution in [0.2, 0.25) is 0 Å². The molecule has 292 valence electrons. The number of alkyl halides is 1. The number of carbonyl (C=O) groups is 2. The van der Waals surface area contributed by atoms with Crippen LogP contribution in [0.15, 0.2) is 24.3 Å². The maximum Gasteiger partial charge on any atom is 0.413 e. The third-order valence-electron chi connectivity index (χ3n) is 11.9. The Morgan fingerprint density at radius 1 is 1.12 bits per heavy atom. The molecule has 0 radical (unpaired) electrons. The van der Waals surface area contributed by atoms with E-state index in [9.17, 15) is 19.1 Å². The van der Waals surface area contributed by atoms with Crippen LogP contribution in [0.4, 0.5) is 23.8 Å². The number of benzene rings is 2. The third-order valence-corrected chi connectivity index (χ3v) is 11.9. The number of rotatable bonds is 7. The minimum atomic E-state index is -1.10. The molecule has 2 bridgehead atoms. The van der Waals surface area contributed by atoms with Crippen molar-refractivity contribution in [2.24, 2.45) is 0 Å². The topological polar surface area (TPSA) is 140 Å². The van der Waals surface area contributed by atoms with E-state index in [1.165, 1.54) is 31.2 Å². The second-order valence-corrected chi connectivity index (χ2v) is 15.2. The Balaban J connectivity index is 1.16. The predicted octanol–water partition coefficient (Wildman–Crippen LogP) is 5.62. The number of aromatic nitrogens is 3. The molecule has 2 aromatic heterocycles. The molecule has 4 aromatic rings. The number of piperazine rings is 1. The van der Waals surface area contributed by atoms with Crippen molar-refractivity contribution in [2.75, 3.05) is 37.7 Å². The number of halogens is 3. The fourth-order valence-electron chi connectivity index (χ4n) is 9.49. The molecule has 9 rings (SSSR count). The number of ether oxygens (including phenoxy) is 4. The molecule has 0 aliphatic carbocycles. The number of phenols is 1. The molecule has 56 heavy (non-hydrogen) atoms. The maximum absolute atomic E-state index is 17.3. The molecule has 0 spiro atoms. The maximum atomic E-state index is 17.3. The largest absolute Gasteiger partial charge is 0.508 e. The van der Waals surface area contributed by atoms with Gasteiger partial charge in [0.05, 0.1) is 29.2 Å². The number of hydrogen-bond donors (Lipinski definition) is 1. The molecular formula is C40H39F3N6O7. The standard InChI is InChI=1S/C40H39F3N6O7/c1-4-25-27(42)9-7-21-13-24(50)14-26(31(21)25)34-33(43)35-32-36(46-38(45-35)54-19-40-11-6-12-47(40)16-22(41)15-40)48-17-23-8-10-28(29(48)18-53-37(32)44-34)49(23)39(52)56-20(3)55-30(51)5-2/h1,7,9,13-14,20,22-23,28-29,50H,5-6,8,10-12,15-19H2,2-3H3/t20?,22-,23?,28?,29?,40+/m1/s1. The highest BCUT2D eigenvalue weighted by molar-refractivity contribution is 6.04. The molecule has 4 fully saturated rings. The molecule has 1 amide bonds. The highest BCUT2D eigenvalue weighted by Crippen LogP contribution is 2.47. The zero-order chi connectivity index (χ0) is 39.0. The average Bonchev–Trinajstić information content (AvgIpc) is 3.78. The van der Waals surface area contributed by atoms with Crippen molar-refractivity contribution in [3.8, 4) is 41.2 Å². The van der Waals surface area contributed by atoms with Crippen LogP contribution in [0, 0.1) is 24.0 Å². The zero-order valence-corrected chi connectivity index (χ0v) is 30.8. The van der Waals surface area contributed by atoms with E-state index in [0.29, 0.717) is 31.2 Å². The summed E-state index contributed by atoms with van der Waals surface area (Å²) in [6.07, 6.45) is 6.27. The summed E-state index contributed by atoms with van der Waals surface area (Å²) in [4.78, 5) is 45.2. The van der Waals surface area contributed by atoms with Crippen molar-refractivity contribution in [2.45, 2.75) is 88.5 Å². The number of terminal acetylenes is 1. The van der Waals surface area contributed by atoms with E-state index in [-0.39, 0.29) is 88.8 Å². The lowest BCUT2D eigenvalue weighted by Gasteiger charge is -2.46. The quantitative estimate of drug-likeness (QED) is 0.142. The molecule has 6 atom stereocenters. The van der Waals surface area contributed by atoms with E-state index < -0.39 is 53.8 Å². The number of anilines is 1. The van der Waals surface area contributed by atoms with Crippen LogP contribution in [0.5, 0.6) is 17.6 Å². The molecule has 4 saturated heterocycles. The fraction of sp³-hybridized carbons (Fsp3) is 0.475. The fourth-order valence-corrected chi connectivity index (χ4v) is 9.49. The first-order valence-electron chi connectivity index (χ1n) is 18.9. The Morgan fingerprint density at radius 3 is 2.77 bits per heavy atom. The Kier molecular flexibility index (Phi) is 8.75. The highest BCUT2D eigenvalue weighted by atomic mass is 19.1. The lowest BCUT2D eigenvalue weighted by molar-refractivity contribution is -0.166. The number of aromatic hydroxyl groups is 1. The van der Waals surface area contributed by atoms with Gasteiger partial charge in [-0.1, -0.05) is 18.9 Å². The van der Waals surface area contributed by atoms with Crippen LogP contribution < -0.4 is 14.4 Å². The van der Waals surface area contributed by atoms with E-state index in [4.69, 9.17) is 30.4 Å². The van der Waals surface area contributed by atoms with Gasteiger partial charge in [-0.25, -0.2) is 22.9 Å². The van der Waals surface area contributed by atoms with Crippen LogP contribution >= 0.6 is 0 Å². The predicted molar refractivity (Wildman–Crippen MR) is 196 cm³/mol. The second-order valence-electron chi connectivity index (χ2n) is 15.2. The summed E-state index contributed by atoms with van der Waals surface area (Å²) < 4.78 is 70.6. The summed E-state index contributed by atoms with van der Waals surface area (Å²) >= 11 is 0. The summed E-state index contributed by atoms with van der Waals surface area (Å²) in [5.41, 5.74) is -1.17. The normalized spacial score (nSPS) is 25.6. The van der Waals surface area contributed by atoms with Gasteiger partial charge in [0, 0.05) is 43.8 Å². The number of amides is 1. The summed E-state index contributed by atoms with van der Waals surface area (Å²) in [7, 11) is 0. The number of phenolic OH excluding ortho intramolecular Hbond substituents is 1. The number of carbonyl (C=O) groups excluding carboxylic acids is 2. The van der Waals surface area contributed by atoms with E-state index in [1.807, 2.05) is 4.90 Å². The summed E-state index contributed by atoms with van der Waals surface area (Å²) in [5, 5.41) is 11.4. The molecule has 5 aliphatic rings. The number of nitrogens with zero attached hydrogens (tertiary/aromatic N) is 6. The monoisotopic (exact) mass is 772 g/mol. The molecule has 4 unspecified atom stereocenters. The van der Waals surface area contributed by atoms with Crippen molar-refractivity contribution in [1.29, 1.82) is 0 Å². The van der Waals surface area contributed by atoms with E-state index >= 15 is 8.78 Å². The summed E-state index contributed by atoms with van der Waals surface area (Å²) in [5.74, 6) is 0.252. The minimum absolute atomic E-state index is 0.0117. The number of fused-ring (bicyclic) bond motifs is 7. The lowest BCUT2D eigenvalue weighted by Crippen LogP contribution is -2.63. The van der Waals surface area contributed by atoms with Gasteiger partial charge in [0.15, 0.2) is 5.82 Å². The lowest BCUT2D eigenvalue weighted by atomic mass is 9.95. The van der Waals surface area contributed by atoms with Crippen LogP contribution in [-0.4, -0.2) is 111 Å². The first kappa shape index (κ1) is 36.1. The van der Waals surface area contributed by atoms with E-state index in [2.05, 4.69) is 20.8 Å². The van der Waals surface area contributed by atoms with Crippen LogP contribution in [0.1, 0.15) is 57.9 Å². The zero-order valence-electron chi connectivity index (χ0n) is 30.8. The van der Waals surface area contributed by atoms with Crippen molar-refractivity contribution in [3.05, 3.63) is 41.5 Å². The van der Waals surface area contributed by atoms with Gasteiger partial charge in [-0.2, -0.15) is 9.97 Å². The van der Waals surface area contributed by atoms with Gasteiger partial charge in [-0.15, -0.1) is 6.42 Å². The minimum Gasteiger partial charge on any atom is -0.508 e. The van der Waals surface area contributed by atoms with Crippen molar-refractivity contribution < 1.29 is 46.8 Å². The van der Waals surface area contributed by atoms with Gasteiger partial charge in [0.25, 0.3) is 0 Å². The SMILES string of the molecule is C#Cc1c(F)ccc2cc(O)cc(-c3nc4c5c(nc(OC[C@@]67CCCN6C[C@H](F)C7)nc5c3F)N3CC5CCC(C3CO4)N5C(=O)OC(C)OC(=O)CC)c12. The van der Waals surface area contributed by atoms with Gasteiger partial charge in [0.1, 0.15) is 53.4 Å². The first-order chi connectivity index (χ1) is 27.0. The molecule has 0 saturated carbocycles. The molecule has 5 aliphatic heterocycles. The Bertz CT molecular complexity index is 2340. The molecule has 13 nitrogen and oxygen atoms in total. The van der Waals surface area contributed by atoms with Crippen molar-refractivity contribution in [3.63, 3.8) is 0 Å². The van der Waals surface area contributed by atoms with E-state index in [1.54, 1.807) is 11.8 Å². The number of pyridine rings is 1. The highest BCUT2D eigenvalue weighted by Gasteiger charge is 2.52. The number of hydrogen-bond acceptors (Lipinski definition) is 12. The Labute approximate surface area is 319 Å². The van der Waals surface area contributed by atoms with Crippen LogP contribution in [0.3, 0.4) is 0 Å². The molecule has 2 aromatic carbocycles. The van der Waals surface area contributed by atoms with Gasteiger partial charge in [-0.3, -0.25) is 14.6 Å². The molecule has 16 heteroatoms. The van der Waals surface area contributed by atoms with Gasteiger partial charge in [0.2, 0.25) is 12.2 Å². The molecule has 7 heterocycles.